The van der Waals surface area contributed by atoms with Crippen LogP contribution in [0.3, 0.4) is 0 Å². The molecule has 0 aliphatic carbocycles. The highest BCUT2D eigenvalue weighted by Gasteiger charge is 2.30. The Kier molecular flexibility index (Phi) is 8.43. The number of amides is 2. The summed E-state index contributed by atoms with van der Waals surface area (Å²) < 4.78 is 10.8. The van der Waals surface area contributed by atoms with Crippen LogP contribution in [0.1, 0.15) is 34.8 Å². The second kappa shape index (κ2) is 11.7. The second-order valence-corrected chi connectivity index (χ2v) is 9.22. The molecule has 7 nitrogen and oxygen atoms in total. The molecule has 1 N–H and O–H groups in total. The maximum Gasteiger partial charge on any atom is 0.253 e. The predicted octanol–water partition coefficient (Wildman–Crippen LogP) is 3.39. The molecule has 8 heteroatoms. The third-order valence-corrected chi connectivity index (χ3v) is 6.88. The van der Waals surface area contributed by atoms with E-state index in [4.69, 9.17) is 21.1 Å². The molecule has 2 aromatic carbocycles. The Morgan fingerprint density at radius 3 is 2.47 bits per heavy atom. The number of nitrogens with zero attached hydrogens (tertiary/aromatic N) is 2. The van der Waals surface area contributed by atoms with Gasteiger partial charge in [-0.05, 0) is 54.8 Å². The Balaban J connectivity index is 1.39. The molecule has 0 aromatic heterocycles. The van der Waals surface area contributed by atoms with Gasteiger partial charge in [0.1, 0.15) is 5.75 Å². The molecule has 2 heterocycles. The van der Waals surface area contributed by atoms with Gasteiger partial charge in [-0.1, -0.05) is 23.7 Å². The van der Waals surface area contributed by atoms with Gasteiger partial charge >= 0.3 is 0 Å². The van der Waals surface area contributed by atoms with E-state index < -0.39 is 0 Å². The van der Waals surface area contributed by atoms with E-state index >= 15 is 0 Å². The predicted molar refractivity (Wildman–Crippen MR) is 131 cm³/mol. The minimum absolute atomic E-state index is 0.000349. The number of benzene rings is 2. The third-order valence-electron chi connectivity index (χ3n) is 6.63. The lowest BCUT2D eigenvalue weighted by Crippen LogP contribution is -2.48. The summed E-state index contributed by atoms with van der Waals surface area (Å²) in [5.74, 6) is 0.534. The Morgan fingerprint density at radius 2 is 1.79 bits per heavy atom. The SMILES string of the molecule is COc1ccc([C@H](CNC(=O)[C@@H]2CCCN(C(=O)c3ccc(Cl)cc3)C2)N2CCOCC2)cc1. The van der Waals surface area contributed by atoms with Crippen molar-refractivity contribution >= 4 is 23.4 Å². The Labute approximate surface area is 206 Å². The van der Waals surface area contributed by atoms with Crippen molar-refractivity contribution in [3.05, 3.63) is 64.7 Å². The first kappa shape index (κ1) is 24.5. The summed E-state index contributed by atoms with van der Waals surface area (Å²) in [5, 5.41) is 3.77. The summed E-state index contributed by atoms with van der Waals surface area (Å²) in [6.07, 6.45) is 1.59. The molecule has 2 fully saturated rings. The van der Waals surface area contributed by atoms with Gasteiger partial charge in [0.25, 0.3) is 5.91 Å². The van der Waals surface area contributed by atoms with Crippen molar-refractivity contribution in [3.63, 3.8) is 0 Å². The molecular weight excluding hydrogens is 454 g/mol. The van der Waals surface area contributed by atoms with E-state index in [1.165, 1.54) is 0 Å². The zero-order chi connectivity index (χ0) is 23.9. The van der Waals surface area contributed by atoms with Gasteiger partial charge in [0.05, 0.1) is 32.3 Å². The summed E-state index contributed by atoms with van der Waals surface area (Å²) in [7, 11) is 1.65. The topological polar surface area (TPSA) is 71.1 Å². The van der Waals surface area contributed by atoms with Gasteiger partial charge in [-0.2, -0.15) is 0 Å². The lowest BCUT2D eigenvalue weighted by atomic mass is 9.96. The molecule has 182 valence electrons. The van der Waals surface area contributed by atoms with Crippen molar-refractivity contribution in [1.29, 1.82) is 0 Å². The normalized spacial score (nSPS) is 19.9. The highest BCUT2D eigenvalue weighted by atomic mass is 35.5. The van der Waals surface area contributed by atoms with E-state index in [0.717, 1.165) is 37.2 Å². The van der Waals surface area contributed by atoms with Gasteiger partial charge in [-0.25, -0.2) is 0 Å². The number of carbonyl (C=O) groups is 2. The number of nitrogens with one attached hydrogen (secondary N) is 1. The molecule has 0 bridgehead atoms. The number of likely N-dealkylation sites (tertiary alicyclic amines) is 1. The summed E-state index contributed by atoms with van der Waals surface area (Å²) in [5.41, 5.74) is 1.73. The minimum Gasteiger partial charge on any atom is -0.497 e. The van der Waals surface area contributed by atoms with Crippen LogP contribution in [-0.2, 0) is 9.53 Å². The first-order valence-corrected chi connectivity index (χ1v) is 12.2. The highest BCUT2D eigenvalue weighted by molar-refractivity contribution is 6.30. The monoisotopic (exact) mass is 485 g/mol. The van der Waals surface area contributed by atoms with Crippen LogP contribution in [0.5, 0.6) is 5.75 Å². The van der Waals surface area contributed by atoms with Crippen LogP contribution in [0.25, 0.3) is 0 Å². The van der Waals surface area contributed by atoms with Gasteiger partial charge in [0, 0.05) is 43.3 Å². The van der Waals surface area contributed by atoms with Crippen LogP contribution in [0.4, 0.5) is 0 Å². The average molecular weight is 486 g/mol. The largest absolute Gasteiger partial charge is 0.497 e. The molecule has 0 unspecified atom stereocenters. The lowest BCUT2D eigenvalue weighted by Gasteiger charge is -2.36. The van der Waals surface area contributed by atoms with Crippen LogP contribution >= 0.6 is 11.6 Å². The molecule has 0 radical (unpaired) electrons. The molecule has 2 saturated heterocycles. The number of morpholine rings is 1. The minimum atomic E-state index is -0.216. The van der Waals surface area contributed by atoms with E-state index in [9.17, 15) is 9.59 Å². The second-order valence-electron chi connectivity index (χ2n) is 8.78. The molecule has 0 saturated carbocycles. The number of hydrogen-bond donors (Lipinski definition) is 1. The van der Waals surface area contributed by atoms with Crippen molar-refractivity contribution in [2.45, 2.75) is 18.9 Å². The standard InChI is InChI=1S/C26H32ClN3O4/c1-33-23-10-6-19(7-11-23)24(29-13-15-34-16-14-29)17-28-25(31)21-3-2-12-30(18-21)26(32)20-4-8-22(27)9-5-20/h4-11,21,24H,2-3,12-18H2,1H3,(H,28,31)/t21-,24+/m1/s1. The average Bonchev–Trinajstić information content (AvgIpc) is 2.90. The summed E-state index contributed by atoms with van der Waals surface area (Å²) >= 11 is 5.95. The highest BCUT2D eigenvalue weighted by Crippen LogP contribution is 2.25. The summed E-state index contributed by atoms with van der Waals surface area (Å²) in [4.78, 5) is 30.2. The molecule has 2 atom stereocenters. The Bertz CT molecular complexity index is 961. The molecule has 2 aliphatic heterocycles. The van der Waals surface area contributed by atoms with E-state index in [-0.39, 0.29) is 23.8 Å². The molecule has 2 aromatic rings. The van der Waals surface area contributed by atoms with Gasteiger partial charge in [-0.15, -0.1) is 0 Å². The van der Waals surface area contributed by atoms with E-state index in [2.05, 4.69) is 22.3 Å². The molecule has 2 amide bonds. The fourth-order valence-electron chi connectivity index (χ4n) is 4.67. The van der Waals surface area contributed by atoms with Crippen molar-refractivity contribution in [1.82, 2.24) is 15.1 Å². The lowest BCUT2D eigenvalue weighted by molar-refractivity contribution is -0.126. The summed E-state index contributed by atoms with van der Waals surface area (Å²) in [6, 6.07) is 15.0. The molecule has 0 spiro atoms. The Hall–Kier alpha value is -2.61. The number of ether oxygens (including phenoxy) is 2. The summed E-state index contributed by atoms with van der Waals surface area (Å²) in [6.45, 7) is 4.60. The quantitative estimate of drug-likeness (QED) is 0.651. The van der Waals surface area contributed by atoms with Crippen LogP contribution in [0, 0.1) is 5.92 Å². The maximum absolute atomic E-state index is 13.1. The number of halogens is 1. The maximum atomic E-state index is 13.1. The van der Waals surface area contributed by atoms with Crippen LogP contribution < -0.4 is 10.1 Å². The van der Waals surface area contributed by atoms with Crippen molar-refractivity contribution in [2.24, 2.45) is 5.92 Å². The number of rotatable bonds is 7. The van der Waals surface area contributed by atoms with Crippen molar-refractivity contribution in [2.75, 3.05) is 53.0 Å². The Morgan fingerprint density at radius 1 is 1.09 bits per heavy atom. The van der Waals surface area contributed by atoms with Crippen LogP contribution in [-0.4, -0.2) is 74.7 Å². The van der Waals surface area contributed by atoms with Crippen molar-refractivity contribution < 1.29 is 19.1 Å². The van der Waals surface area contributed by atoms with Gasteiger partial charge in [0.2, 0.25) is 5.91 Å². The molecule has 2 aliphatic rings. The molecular formula is C26H32ClN3O4. The number of hydrogen-bond acceptors (Lipinski definition) is 5. The van der Waals surface area contributed by atoms with E-state index in [1.807, 2.05) is 12.1 Å². The molecule has 4 rings (SSSR count). The van der Waals surface area contributed by atoms with Gasteiger partial charge in [-0.3, -0.25) is 14.5 Å². The number of carbonyl (C=O) groups excluding carboxylic acids is 2. The van der Waals surface area contributed by atoms with Crippen molar-refractivity contribution in [3.8, 4) is 5.75 Å². The third kappa shape index (κ3) is 6.09. The molecule has 34 heavy (non-hydrogen) atoms. The zero-order valence-electron chi connectivity index (χ0n) is 19.5. The van der Waals surface area contributed by atoms with E-state index in [0.29, 0.717) is 43.4 Å². The fourth-order valence-corrected chi connectivity index (χ4v) is 4.79. The number of methoxy groups -OCH3 is 1. The van der Waals surface area contributed by atoms with E-state index in [1.54, 1.807) is 36.3 Å². The fraction of sp³-hybridized carbons (Fsp3) is 0.462. The van der Waals surface area contributed by atoms with Crippen LogP contribution in [0.2, 0.25) is 5.02 Å². The first-order chi connectivity index (χ1) is 16.5. The van der Waals surface area contributed by atoms with Gasteiger partial charge < -0.3 is 19.7 Å². The zero-order valence-corrected chi connectivity index (χ0v) is 20.3. The van der Waals surface area contributed by atoms with Gasteiger partial charge in [0.15, 0.2) is 0 Å². The van der Waals surface area contributed by atoms with Crippen LogP contribution in [0.15, 0.2) is 48.5 Å². The number of piperidine rings is 1. The first-order valence-electron chi connectivity index (χ1n) is 11.8. The smallest absolute Gasteiger partial charge is 0.253 e.